The van der Waals surface area contributed by atoms with Crippen LogP contribution in [0.25, 0.3) is 0 Å². The Morgan fingerprint density at radius 2 is 1.66 bits per heavy atom. The van der Waals surface area contributed by atoms with E-state index in [0.717, 1.165) is 36.0 Å². The van der Waals surface area contributed by atoms with E-state index in [4.69, 9.17) is 4.74 Å². The Morgan fingerprint density at radius 3 is 2.24 bits per heavy atom. The molecule has 29 heavy (non-hydrogen) atoms. The minimum Gasteiger partial charge on any atom is -0.371 e. The van der Waals surface area contributed by atoms with Crippen molar-refractivity contribution < 1.29 is 17.5 Å². The van der Waals surface area contributed by atoms with Gasteiger partial charge in [-0.15, -0.1) is 12.4 Å². The van der Waals surface area contributed by atoms with Gasteiger partial charge < -0.3 is 4.74 Å². The highest BCUT2D eigenvalue weighted by Gasteiger charge is 2.26. The maximum absolute atomic E-state index is 13.2. The van der Waals surface area contributed by atoms with Crippen LogP contribution in [0.5, 0.6) is 0 Å². The van der Waals surface area contributed by atoms with Gasteiger partial charge in [-0.05, 0) is 42.7 Å². The minimum atomic E-state index is -3.25. The van der Waals surface area contributed by atoms with Gasteiger partial charge >= 0.3 is 0 Å². The van der Waals surface area contributed by atoms with Crippen LogP contribution < -0.4 is 4.72 Å². The normalized spacial score (nSPS) is 19.9. The van der Waals surface area contributed by atoms with Gasteiger partial charge in [0.2, 0.25) is 10.0 Å². The third-order valence-electron chi connectivity index (χ3n) is 5.20. The van der Waals surface area contributed by atoms with Gasteiger partial charge in [-0.2, -0.15) is 0 Å². The van der Waals surface area contributed by atoms with Crippen molar-refractivity contribution in [3.63, 3.8) is 0 Å². The number of ether oxygens (including phenoxy) is 1. The number of rotatable bonds is 6. The lowest BCUT2D eigenvalue weighted by molar-refractivity contribution is -0.0431. The number of hydrogen-bond acceptors (Lipinski definition) is 4. The Morgan fingerprint density at radius 1 is 1.07 bits per heavy atom. The van der Waals surface area contributed by atoms with E-state index in [1.807, 2.05) is 31.2 Å². The van der Waals surface area contributed by atoms with Gasteiger partial charge in [0.05, 0.1) is 19.0 Å². The predicted octanol–water partition coefficient (Wildman–Crippen LogP) is 3.99. The molecule has 2 aromatic rings. The lowest BCUT2D eigenvalue weighted by Crippen LogP contribution is -2.39. The molecule has 1 unspecified atom stereocenters. The summed E-state index contributed by atoms with van der Waals surface area (Å²) in [5.74, 6) is -0.246. The van der Waals surface area contributed by atoms with Crippen LogP contribution in [0.2, 0.25) is 0 Å². The lowest BCUT2D eigenvalue weighted by atomic mass is 10.0. The molecule has 0 radical (unpaired) electrons. The average molecular weight is 443 g/mol. The molecule has 0 amide bonds. The first kappa shape index (κ1) is 23.8. The van der Waals surface area contributed by atoms with E-state index in [1.54, 1.807) is 12.1 Å². The third-order valence-corrected chi connectivity index (χ3v) is 5.98. The monoisotopic (exact) mass is 442 g/mol. The molecule has 1 saturated heterocycles. The summed E-state index contributed by atoms with van der Waals surface area (Å²) >= 11 is 0. The molecule has 3 atom stereocenters. The molecular weight excluding hydrogens is 415 g/mol. The van der Waals surface area contributed by atoms with E-state index < -0.39 is 10.0 Å². The van der Waals surface area contributed by atoms with Crippen LogP contribution in [-0.4, -0.2) is 39.3 Å². The number of morpholine rings is 1. The van der Waals surface area contributed by atoms with E-state index in [9.17, 15) is 12.8 Å². The molecule has 2 aromatic carbocycles. The van der Waals surface area contributed by atoms with Gasteiger partial charge in [0, 0.05) is 25.2 Å². The number of nitrogens with one attached hydrogen (secondary N) is 1. The molecule has 0 aliphatic carbocycles. The molecule has 0 aromatic heterocycles. The number of benzene rings is 2. The average Bonchev–Trinajstić information content (AvgIpc) is 2.67. The highest BCUT2D eigenvalue weighted by Crippen LogP contribution is 2.29. The molecular formula is C21H28ClFN2O3S. The van der Waals surface area contributed by atoms with Crippen LogP contribution in [-0.2, 0) is 14.8 Å². The van der Waals surface area contributed by atoms with Crippen molar-refractivity contribution in [1.82, 2.24) is 9.62 Å². The quantitative estimate of drug-likeness (QED) is 0.734. The van der Waals surface area contributed by atoms with Crippen molar-refractivity contribution in [2.24, 2.45) is 0 Å². The summed E-state index contributed by atoms with van der Waals surface area (Å²) < 4.78 is 44.5. The van der Waals surface area contributed by atoms with Gasteiger partial charge in [-0.1, -0.05) is 36.4 Å². The molecule has 1 heterocycles. The zero-order chi connectivity index (χ0) is 20.3. The second kappa shape index (κ2) is 10.00. The Bertz CT molecular complexity index is 891. The summed E-state index contributed by atoms with van der Waals surface area (Å²) in [6.07, 6.45) is 1.09. The number of hydrogen-bond donors (Lipinski definition) is 1. The van der Waals surface area contributed by atoms with E-state index in [1.165, 1.54) is 12.1 Å². The Balaban J connectivity index is 0.00000300. The van der Waals surface area contributed by atoms with Crippen molar-refractivity contribution in [3.8, 4) is 0 Å². The molecule has 3 rings (SSSR count). The van der Waals surface area contributed by atoms with Gasteiger partial charge in [0.15, 0.2) is 0 Å². The van der Waals surface area contributed by atoms with Gasteiger partial charge in [-0.3, -0.25) is 4.90 Å². The van der Waals surface area contributed by atoms with Gasteiger partial charge in [-0.25, -0.2) is 17.5 Å². The van der Waals surface area contributed by atoms with Crippen LogP contribution in [0.1, 0.15) is 48.7 Å². The van der Waals surface area contributed by atoms with Crippen LogP contribution in [0.4, 0.5) is 4.39 Å². The number of sulfonamides is 1. The summed E-state index contributed by atoms with van der Waals surface area (Å²) in [5.41, 5.74) is 3.07. The van der Waals surface area contributed by atoms with E-state index in [-0.39, 0.29) is 36.4 Å². The number of nitrogens with zero attached hydrogens (tertiary/aromatic N) is 1. The van der Waals surface area contributed by atoms with Crippen molar-refractivity contribution in [2.75, 3.05) is 26.0 Å². The predicted molar refractivity (Wildman–Crippen MR) is 115 cm³/mol. The second-order valence-corrected chi connectivity index (χ2v) is 9.14. The highest BCUT2D eigenvalue weighted by molar-refractivity contribution is 7.88. The summed E-state index contributed by atoms with van der Waals surface area (Å²) in [6.45, 7) is 6.17. The van der Waals surface area contributed by atoms with Crippen LogP contribution >= 0.6 is 12.4 Å². The second-order valence-electron chi connectivity index (χ2n) is 7.36. The molecule has 160 valence electrons. The molecule has 1 N–H and O–H groups in total. The molecule has 0 saturated carbocycles. The zero-order valence-corrected chi connectivity index (χ0v) is 18.5. The molecule has 1 fully saturated rings. The fraction of sp³-hybridized carbons (Fsp3) is 0.429. The maximum atomic E-state index is 13.2. The van der Waals surface area contributed by atoms with Crippen LogP contribution in [0.15, 0.2) is 48.5 Å². The van der Waals surface area contributed by atoms with E-state index in [0.29, 0.717) is 6.61 Å². The standard InChI is InChI=1S/C21H27FN2O3S.ClH/c1-15(23-28(3,25)26)17-4-6-18(7-5-17)16(2)24-12-13-27-21(14-24)19-8-10-20(22)11-9-19;/h4-11,15-16,21,23H,12-14H2,1-3H3;1H/t15-,16?,21+;/m1./s1. The first-order chi connectivity index (χ1) is 13.2. The van der Waals surface area contributed by atoms with E-state index >= 15 is 0 Å². The lowest BCUT2D eigenvalue weighted by Gasteiger charge is -2.37. The maximum Gasteiger partial charge on any atom is 0.209 e. The molecule has 0 bridgehead atoms. The SMILES string of the molecule is CC(c1ccc([C@@H](C)NS(C)(=O)=O)cc1)N1CCO[C@H](c2ccc(F)cc2)C1.Cl. The molecule has 8 heteroatoms. The van der Waals surface area contributed by atoms with Crippen LogP contribution in [0, 0.1) is 5.82 Å². The zero-order valence-electron chi connectivity index (χ0n) is 16.8. The Labute approximate surface area is 178 Å². The smallest absolute Gasteiger partial charge is 0.209 e. The molecule has 5 nitrogen and oxygen atoms in total. The minimum absolute atomic E-state index is 0. The van der Waals surface area contributed by atoms with Crippen molar-refractivity contribution in [3.05, 3.63) is 71.0 Å². The van der Waals surface area contributed by atoms with Crippen LogP contribution in [0.3, 0.4) is 0 Å². The molecule has 1 aliphatic heterocycles. The van der Waals surface area contributed by atoms with Gasteiger partial charge in [0.25, 0.3) is 0 Å². The number of halogens is 2. The summed E-state index contributed by atoms with van der Waals surface area (Å²) in [7, 11) is -3.25. The van der Waals surface area contributed by atoms with Crippen molar-refractivity contribution in [1.29, 1.82) is 0 Å². The fourth-order valence-corrected chi connectivity index (χ4v) is 4.34. The molecule has 0 spiro atoms. The third kappa shape index (κ3) is 6.49. The largest absolute Gasteiger partial charge is 0.371 e. The fourth-order valence-electron chi connectivity index (χ4n) is 3.56. The van der Waals surface area contributed by atoms with Gasteiger partial charge in [0.1, 0.15) is 5.82 Å². The first-order valence-electron chi connectivity index (χ1n) is 9.41. The Kier molecular flexibility index (Phi) is 8.19. The summed E-state index contributed by atoms with van der Waals surface area (Å²) in [5, 5.41) is 0. The summed E-state index contributed by atoms with van der Waals surface area (Å²) in [6, 6.07) is 14.4. The van der Waals surface area contributed by atoms with Crippen molar-refractivity contribution >= 4 is 22.4 Å². The van der Waals surface area contributed by atoms with Crippen molar-refractivity contribution in [2.45, 2.75) is 32.0 Å². The first-order valence-corrected chi connectivity index (χ1v) is 11.3. The summed E-state index contributed by atoms with van der Waals surface area (Å²) in [4.78, 5) is 2.35. The topological polar surface area (TPSA) is 58.6 Å². The Hall–Kier alpha value is -1.51. The molecule has 1 aliphatic rings. The van der Waals surface area contributed by atoms with E-state index in [2.05, 4.69) is 16.5 Å². The highest BCUT2D eigenvalue weighted by atomic mass is 35.5.